The Morgan fingerprint density at radius 1 is 1.06 bits per heavy atom. The Balaban J connectivity index is 0.00000272. The smallest absolute Gasteiger partial charge is 0.246 e. The molecule has 31 heavy (non-hydrogen) atoms. The quantitative estimate of drug-likeness (QED) is 0.287. The van der Waals surface area contributed by atoms with Crippen LogP contribution in [0.25, 0.3) is 0 Å². The number of ether oxygens (including phenoxy) is 2. The molecule has 3 aromatic rings. The van der Waals surface area contributed by atoms with Crippen molar-refractivity contribution >= 4 is 35.6 Å². The zero-order valence-corrected chi connectivity index (χ0v) is 19.9. The van der Waals surface area contributed by atoms with Crippen molar-refractivity contribution in [2.45, 2.75) is 33.4 Å². The molecule has 2 heterocycles. The number of anilines is 1. The number of guanidine groups is 1. The molecular weight excluding hydrogens is 509 g/mol. The van der Waals surface area contributed by atoms with E-state index >= 15 is 0 Å². The molecule has 9 heteroatoms. The topological polar surface area (TPSA) is 93.8 Å². The first kappa shape index (κ1) is 22.9. The van der Waals surface area contributed by atoms with Crippen LogP contribution in [0.1, 0.15) is 29.3 Å². The monoisotopic (exact) mass is 535 g/mol. The van der Waals surface area contributed by atoms with Crippen molar-refractivity contribution in [2.24, 2.45) is 4.99 Å². The zero-order valence-electron chi connectivity index (χ0n) is 17.6. The van der Waals surface area contributed by atoms with Gasteiger partial charge in [-0.05, 0) is 37.1 Å². The normalized spacial score (nSPS) is 13.2. The third-order valence-electron chi connectivity index (χ3n) is 4.66. The number of hydrogen-bond acceptors (Lipinski definition) is 6. The van der Waals surface area contributed by atoms with Crippen LogP contribution in [0.5, 0.6) is 11.5 Å². The van der Waals surface area contributed by atoms with E-state index in [4.69, 9.17) is 19.0 Å². The SMILES string of the molecule is Cc1noc(CNC(=NCc2ccccc2C)Nc2ccc3c(c2)OCCCO3)n1.I. The van der Waals surface area contributed by atoms with E-state index in [0.717, 1.165) is 29.2 Å². The molecule has 4 rings (SSSR count). The van der Waals surface area contributed by atoms with E-state index in [1.807, 2.05) is 30.3 Å². The minimum atomic E-state index is 0. The van der Waals surface area contributed by atoms with Gasteiger partial charge < -0.3 is 24.6 Å². The molecule has 0 amide bonds. The molecule has 8 nitrogen and oxygen atoms in total. The molecule has 0 fully saturated rings. The summed E-state index contributed by atoms with van der Waals surface area (Å²) in [6.45, 7) is 6.07. The number of nitrogens with one attached hydrogen (secondary N) is 2. The Morgan fingerprint density at radius 3 is 2.65 bits per heavy atom. The first-order valence-electron chi connectivity index (χ1n) is 9.96. The van der Waals surface area contributed by atoms with Gasteiger partial charge in [-0.1, -0.05) is 29.4 Å². The molecule has 1 aromatic heterocycles. The molecule has 0 saturated heterocycles. The maximum atomic E-state index is 5.79. The number of benzene rings is 2. The van der Waals surface area contributed by atoms with Gasteiger partial charge in [0.1, 0.15) is 0 Å². The predicted octanol–water partition coefficient (Wildman–Crippen LogP) is 4.22. The number of aromatic nitrogens is 2. The minimum absolute atomic E-state index is 0. The summed E-state index contributed by atoms with van der Waals surface area (Å²) in [4.78, 5) is 8.97. The fourth-order valence-electron chi connectivity index (χ4n) is 3.04. The van der Waals surface area contributed by atoms with Crippen LogP contribution in [0, 0.1) is 13.8 Å². The lowest BCUT2D eigenvalue weighted by molar-refractivity contribution is 0.297. The van der Waals surface area contributed by atoms with Crippen LogP contribution < -0.4 is 20.1 Å². The molecule has 0 aliphatic carbocycles. The van der Waals surface area contributed by atoms with Crippen molar-refractivity contribution in [2.75, 3.05) is 18.5 Å². The highest BCUT2D eigenvalue weighted by Gasteiger charge is 2.12. The van der Waals surface area contributed by atoms with Gasteiger partial charge in [0, 0.05) is 18.2 Å². The Hall–Kier alpha value is -2.82. The number of hydrogen-bond donors (Lipinski definition) is 2. The summed E-state index contributed by atoms with van der Waals surface area (Å²) in [5, 5.41) is 10.4. The van der Waals surface area contributed by atoms with Crippen molar-refractivity contribution in [1.29, 1.82) is 0 Å². The molecule has 2 aromatic carbocycles. The zero-order chi connectivity index (χ0) is 20.8. The molecule has 0 atom stereocenters. The van der Waals surface area contributed by atoms with Crippen LogP contribution >= 0.6 is 24.0 Å². The summed E-state index contributed by atoms with van der Waals surface area (Å²) in [5.41, 5.74) is 3.20. The van der Waals surface area contributed by atoms with Gasteiger partial charge in [-0.2, -0.15) is 4.98 Å². The van der Waals surface area contributed by atoms with E-state index in [0.29, 0.717) is 44.0 Å². The highest BCUT2D eigenvalue weighted by molar-refractivity contribution is 14.0. The fourth-order valence-corrected chi connectivity index (χ4v) is 3.04. The Morgan fingerprint density at radius 2 is 1.87 bits per heavy atom. The van der Waals surface area contributed by atoms with Gasteiger partial charge in [0.05, 0.1) is 26.3 Å². The van der Waals surface area contributed by atoms with Gasteiger partial charge in [0.15, 0.2) is 23.3 Å². The van der Waals surface area contributed by atoms with Crippen LogP contribution in [0.2, 0.25) is 0 Å². The average molecular weight is 535 g/mol. The van der Waals surface area contributed by atoms with Crippen LogP contribution in [0.3, 0.4) is 0 Å². The van der Waals surface area contributed by atoms with Crippen molar-refractivity contribution in [3.63, 3.8) is 0 Å². The molecule has 0 spiro atoms. The highest BCUT2D eigenvalue weighted by atomic mass is 127. The second-order valence-electron chi connectivity index (χ2n) is 7.02. The number of aliphatic imine (C=N–C) groups is 1. The molecule has 0 saturated carbocycles. The number of aryl methyl sites for hydroxylation is 2. The summed E-state index contributed by atoms with van der Waals surface area (Å²) in [7, 11) is 0. The van der Waals surface area contributed by atoms with Crippen molar-refractivity contribution in [3.8, 4) is 11.5 Å². The first-order chi connectivity index (χ1) is 14.7. The third kappa shape index (κ3) is 6.33. The molecular formula is C22H26IN5O3. The van der Waals surface area contributed by atoms with E-state index < -0.39 is 0 Å². The summed E-state index contributed by atoms with van der Waals surface area (Å²) in [5.74, 6) is 3.18. The van der Waals surface area contributed by atoms with Crippen LogP contribution in [-0.2, 0) is 13.1 Å². The largest absolute Gasteiger partial charge is 0.490 e. The summed E-state index contributed by atoms with van der Waals surface area (Å²) in [6.07, 6.45) is 0.867. The summed E-state index contributed by atoms with van der Waals surface area (Å²) in [6, 6.07) is 14.0. The van der Waals surface area contributed by atoms with Crippen LogP contribution in [0.15, 0.2) is 52.0 Å². The lowest BCUT2D eigenvalue weighted by atomic mass is 10.1. The van der Waals surface area contributed by atoms with Crippen molar-refractivity contribution in [1.82, 2.24) is 15.5 Å². The molecule has 1 aliphatic heterocycles. The Labute approximate surface area is 198 Å². The lowest BCUT2D eigenvalue weighted by Crippen LogP contribution is -2.30. The van der Waals surface area contributed by atoms with Crippen LogP contribution in [-0.4, -0.2) is 29.3 Å². The van der Waals surface area contributed by atoms with Gasteiger partial charge >= 0.3 is 0 Å². The Kier molecular flexibility index (Phi) is 8.10. The Bertz CT molecular complexity index is 1040. The second kappa shape index (κ2) is 11.0. The maximum Gasteiger partial charge on any atom is 0.246 e. The van der Waals surface area contributed by atoms with Gasteiger partial charge in [-0.3, -0.25) is 0 Å². The molecule has 0 unspecified atom stereocenters. The number of halogens is 1. The second-order valence-corrected chi connectivity index (χ2v) is 7.02. The van der Waals surface area contributed by atoms with Gasteiger partial charge in [-0.25, -0.2) is 4.99 Å². The first-order valence-corrected chi connectivity index (χ1v) is 9.96. The number of nitrogens with zero attached hydrogens (tertiary/aromatic N) is 3. The van der Waals surface area contributed by atoms with Crippen LogP contribution in [0.4, 0.5) is 5.69 Å². The molecule has 0 bridgehead atoms. The average Bonchev–Trinajstić information content (AvgIpc) is 3.02. The van der Waals surface area contributed by atoms with E-state index in [9.17, 15) is 0 Å². The third-order valence-corrected chi connectivity index (χ3v) is 4.66. The molecule has 0 radical (unpaired) electrons. The van der Waals surface area contributed by atoms with Gasteiger partial charge in [0.2, 0.25) is 5.89 Å². The molecule has 164 valence electrons. The number of fused-ring (bicyclic) bond motifs is 1. The van der Waals surface area contributed by atoms with E-state index in [-0.39, 0.29) is 24.0 Å². The predicted molar refractivity (Wildman–Crippen MR) is 129 cm³/mol. The maximum absolute atomic E-state index is 5.79. The van der Waals surface area contributed by atoms with Crippen molar-refractivity contribution in [3.05, 3.63) is 65.3 Å². The van der Waals surface area contributed by atoms with E-state index in [1.54, 1.807) is 6.92 Å². The number of rotatable bonds is 5. The lowest BCUT2D eigenvalue weighted by Gasteiger charge is -2.14. The van der Waals surface area contributed by atoms with E-state index in [2.05, 4.69) is 39.8 Å². The van der Waals surface area contributed by atoms with Crippen molar-refractivity contribution < 1.29 is 14.0 Å². The standard InChI is InChI=1S/C22H25N5O3.HI/c1-15-6-3-4-7-17(15)13-23-22(24-14-21-25-16(2)27-30-21)26-18-8-9-19-20(12-18)29-11-5-10-28-19;/h3-4,6-9,12H,5,10-11,13-14H2,1-2H3,(H2,23,24,26);1H. The minimum Gasteiger partial charge on any atom is -0.490 e. The highest BCUT2D eigenvalue weighted by Crippen LogP contribution is 2.32. The fraction of sp³-hybridized carbons (Fsp3) is 0.318. The summed E-state index contributed by atoms with van der Waals surface area (Å²) < 4.78 is 16.7. The van der Waals surface area contributed by atoms with Gasteiger partial charge in [-0.15, -0.1) is 24.0 Å². The molecule has 2 N–H and O–H groups in total. The summed E-state index contributed by atoms with van der Waals surface area (Å²) >= 11 is 0. The van der Waals surface area contributed by atoms with Gasteiger partial charge in [0.25, 0.3) is 0 Å². The molecule has 1 aliphatic rings. The van der Waals surface area contributed by atoms with E-state index in [1.165, 1.54) is 5.56 Å².